The average Bonchev–Trinajstić information content (AvgIpc) is 3.20. The van der Waals surface area contributed by atoms with Gasteiger partial charge in [-0.2, -0.15) is 0 Å². The molecule has 4 nitrogen and oxygen atoms in total. The molecule has 3 rings (SSSR count). The van der Waals surface area contributed by atoms with E-state index in [2.05, 4.69) is 32.9 Å². The summed E-state index contributed by atoms with van der Waals surface area (Å²) in [5, 5.41) is 9.76. The van der Waals surface area contributed by atoms with Gasteiger partial charge >= 0.3 is 5.97 Å². The highest BCUT2D eigenvalue weighted by Gasteiger charge is 2.56. The first-order valence-electron chi connectivity index (χ1n) is 11.0. The van der Waals surface area contributed by atoms with Gasteiger partial charge in [-0.3, -0.25) is 9.59 Å². The molecule has 0 saturated heterocycles. The number of carbonyl (C=O) groups excluding carboxylic acids is 2. The lowest BCUT2D eigenvalue weighted by Gasteiger charge is -2.32. The summed E-state index contributed by atoms with van der Waals surface area (Å²) in [5.74, 6) is -0.938. The number of carboxylic acids is 1. The van der Waals surface area contributed by atoms with Crippen LogP contribution in [0.25, 0.3) is 0 Å². The van der Waals surface area contributed by atoms with Crippen molar-refractivity contribution in [1.29, 1.82) is 0 Å². The molecule has 0 amide bonds. The quantitative estimate of drug-likeness (QED) is 0.673. The molecule has 5 unspecified atom stereocenters. The number of aryl methyl sites for hydroxylation is 3. The molecule has 2 saturated carbocycles. The summed E-state index contributed by atoms with van der Waals surface area (Å²) in [4.78, 5) is 37.0. The molecule has 2 aliphatic carbocycles. The Morgan fingerprint density at radius 2 is 1.76 bits per heavy atom. The number of carboxylic acid groups (broad SMARTS) is 1. The zero-order valence-corrected chi connectivity index (χ0v) is 18.3. The number of carbonyl (C=O) groups is 3. The van der Waals surface area contributed by atoms with Crippen molar-refractivity contribution in [1.82, 2.24) is 0 Å². The van der Waals surface area contributed by atoms with Crippen molar-refractivity contribution >= 4 is 18.0 Å². The van der Waals surface area contributed by atoms with E-state index in [0.29, 0.717) is 19.3 Å². The standard InChI is InChI=1S/C25H34O4/c1-6-16-8-14(3)9-17(7-2)21(16)22-20(12-25(4,5)24(28)29)18-10-15(13-26)11-19(18)23(22)27/h8-9,13,15,18-20,22H,6-7,10-12H2,1-5H3,(H,28,29). The van der Waals surface area contributed by atoms with Crippen molar-refractivity contribution in [2.24, 2.45) is 29.1 Å². The number of aliphatic carboxylic acids is 1. The van der Waals surface area contributed by atoms with E-state index in [-0.39, 0.29) is 35.4 Å². The topological polar surface area (TPSA) is 71.4 Å². The van der Waals surface area contributed by atoms with E-state index in [1.165, 1.54) is 16.7 Å². The first-order chi connectivity index (χ1) is 13.6. The Morgan fingerprint density at radius 1 is 1.17 bits per heavy atom. The van der Waals surface area contributed by atoms with Gasteiger partial charge in [0, 0.05) is 17.8 Å². The third-order valence-corrected chi connectivity index (χ3v) is 7.38. The molecule has 1 N–H and O–H groups in total. The summed E-state index contributed by atoms with van der Waals surface area (Å²) in [6, 6.07) is 4.37. The van der Waals surface area contributed by atoms with Crippen LogP contribution in [-0.2, 0) is 27.2 Å². The van der Waals surface area contributed by atoms with E-state index in [9.17, 15) is 19.5 Å². The molecular formula is C25H34O4. The molecular weight excluding hydrogens is 364 g/mol. The Bertz CT molecular complexity index is 797. The lowest BCUT2D eigenvalue weighted by atomic mass is 9.71. The van der Waals surface area contributed by atoms with Crippen molar-refractivity contribution in [3.05, 3.63) is 34.4 Å². The molecule has 1 aromatic carbocycles. The highest BCUT2D eigenvalue weighted by Crippen LogP contribution is 2.57. The third kappa shape index (κ3) is 3.78. The predicted octanol–water partition coefficient (Wildman–Crippen LogP) is 4.74. The Labute approximate surface area is 174 Å². The molecule has 0 heterocycles. The van der Waals surface area contributed by atoms with Gasteiger partial charge < -0.3 is 9.90 Å². The van der Waals surface area contributed by atoms with Crippen LogP contribution >= 0.6 is 0 Å². The van der Waals surface area contributed by atoms with E-state index in [0.717, 1.165) is 24.7 Å². The minimum absolute atomic E-state index is 0.0261. The normalized spacial score (nSPS) is 29.1. The monoisotopic (exact) mass is 398 g/mol. The number of fused-ring (bicyclic) bond motifs is 1. The number of hydrogen-bond acceptors (Lipinski definition) is 3. The van der Waals surface area contributed by atoms with Crippen molar-refractivity contribution in [2.75, 3.05) is 0 Å². The van der Waals surface area contributed by atoms with Crippen LogP contribution in [0.2, 0.25) is 0 Å². The molecule has 158 valence electrons. The van der Waals surface area contributed by atoms with Crippen LogP contribution in [0.3, 0.4) is 0 Å². The zero-order valence-electron chi connectivity index (χ0n) is 18.3. The average molecular weight is 399 g/mol. The van der Waals surface area contributed by atoms with Crippen molar-refractivity contribution < 1.29 is 19.5 Å². The van der Waals surface area contributed by atoms with Crippen molar-refractivity contribution in [3.63, 3.8) is 0 Å². The molecule has 0 aromatic heterocycles. The maximum Gasteiger partial charge on any atom is 0.309 e. The van der Waals surface area contributed by atoms with Gasteiger partial charge in [0.15, 0.2) is 0 Å². The summed E-state index contributed by atoms with van der Waals surface area (Å²) in [6.45, 7) is 9.85. The first-order valence-corrected chi connectivity index (χ1v) is 11.0. The largest absolute Gasteiger partial charge is 0.481 e. The second-order valence-electron chi connectivity index (χ2n) is 9.78. The summed E-state index contributed by atoms with van der Waals surface area (Å²) < 4.78 is 0. The van der Waals surface area contributed by atoms with Gasteiger partial charge in [0.25, 0.3) is 0 Å². The molecule has 2 fully saturated rings. The smallest absolute Gasteiger partial charge is 0.309 e. The van der Waals surface area contributed by atoms with Crippen LogP contribution in [0.5, 0.6) is 0 Å². The number of ketones is 1. The predicted molar refractivity (Wildman–Crippen MR) is 113 cm³/mol. The number of hydrogen-bond donors (Lipinski definition) is 1. The van der Waals surface area contributed by atoms with Crippen LogP contribution in [0.15, 0.2) is 12.1 Å². The van der Waals surface area contributed by atoms with Gasteiger partial charge in [-0.05, 0) is 81.4 Å². The second-order valence-corrected chi connectivity index (χ2v) is 9.78. The third-order valence-electron chi connectivity index (χ3n) is 7.38. The molecule has 0 spiro atoms. The minimum atomic E-state index is -0.902. The highest BCUT2D eigenvalue weighted by molar-refractivity contribution is 5.92. The summed E-state index contributed by atoms with van der Waals surface area (Å²) in [5.41, 5.74) is 3.88. The van der Waals surface area contributed by atoms with Crippen LogP contribution in [0, 0.1) is 36.0 Å². The van der Waals surface area contributed by atoms with Gasteiger partial charge in [-0.25, -0.2) is 0 Å². The van der Waals surface area contributed by atoms with E-state index < -0.39 is 11.4 Å². The van der Waals surface area contributed by atoms with Crippen LogP contribution in [0.1, 0.15) is 75.1 Å². The summed E-state index contributed by atoms with van der Waals surface area (Å²) in [7, 11) is 0. The molecule has 2 aliphatic rings. The van der Waals surface area contributed by atoms with Gasteiger partial charge in [0.2, 0.25) is 0 Å². The Kier molecular flexibility index (Phi) is 6.03. The molecule has 4 heteroatoms. The maximum absolute atomic E-state index is 13.7. The van der Waals surface area contributed by atoms with Gasteiger partial charge in [0.1, 0.15) is 12.1 Å². The second kappa shape index (κ2) is 8.04. The first kappa shape index (κ1) is 21.7. The molecule has 0 aliphatic heterocycles. The molecule has 0 bridgehead atoms. The number of rotatable bonds is 7. The number of aldehydes is 1. The van der Waals surface area contributed by atoms with Gasteiger partial charge in [-0.15, -0.1) is 0 Å². The highest BCUT2D eigenvalue weighted by atomic mass is 16.4. The van der Waals surface area contributed by atoms with E-state index in [4.69, 9.17) is 0 Å². The van der Waals surface area contributed by atoms with Crippen molar-refractivity contribution in [2.45, 2.75) is 72.6 Å². The fraction of sp³-hybridized carbons (Fsp3) is 0.640. The van der Waals surface area contributed by atoms with Crippen LogP contribution in [-0.4, -0.2) is 23.1 Å². The van der Waals surface area contributed by atoms with E-state index in [1.807, 2.05) is 0 Å². The fourth-order valence-corrected chi connectivity index (χ4v) is 5.95. The fourth-order valence-electron chi connectivity index (χ4n) is 5.95. The Balaban J connectivity index is 2.13. The maximum atomic E-state index is 13.7. The molecule has 29 heavy (non-hydrogen) atoms. The Morgan fingerprint density at radius 3 is 2.24 bits per heavy atom. The lowest BCUT2D eigenvalue weighted by Crippen LogP contribution is -2.31. The van der Waals surface area contributed by atoms with Crippen LogP contribution < -0.4 is 0 Å². The van der Waals surface area contributed by atoms with E-state index >= 15 is 0 Å². The van der Waals surface area contributed by atoms with Gasteiger partial charge in [0.05, 0.1) is 5.41 Å². The Hall–Kier alpha value is -1.97. The van der Waals surface area contributed by atoms with Crippen LogP contribution in [0.4, 0.5) is 0 Å². The number of Topliss-reactive ketones (excluding diaryl/α,β-unsaturated/α-hetero) is 1. The zero-order chi connectivity index (χ0) is 21.5. The lowest BCUT2D eigenvalue weighted by molar-refractivity contribution is -0.148. The van der Waals surface area contributed by atoms with Crippen molar-refractivity contribution in [3.8, 4) is 0 Å². The van der Waals surface area contributed by atoms with E-state index in [1.54, 1.807) is 13.8 Å². The molecule has 0 radical (unpaired) electrons. The summed E-state index contributed by atoms with van der Waals surface area (Å²) in [6.07, 6.45) is 4.50. The van der Waals surface area contributed by atoms with Gasteiger partial charge in [-0.1, -0.05) is 31.5 Å². The SMILES string of the molecule is CCc1cc(C)cc(CC)c1C1C(=O)C2CC(C=O)CC2C1CC(C)(C)C(=O)O. The minimum Gasteiger partial charge on any atom is -0.481 e. The molecule has 5 atom stereocenters. The molecule has 1 aromatic rings. The summed E-state index contributed by atoms with van der Waals surface area (Å²) >= 11 is 0. The number of benzene rings is 1.